The van der Waals surface area contributed by atoms with Crippen LogP contribution in [0.4, 0.5) is 0 Å². The second-order valence-corrected chi connectivity index (χ2v) is 2.93. The van der Waals surface area contributed by atoms with Crippen LogP contribution in [-0.4, -0.2) is 11.1 Å². The Morgan fingerprint density at radius 3 is 2.77 bits per heavy atom. The van der Waals surface area contributed by atoms with Gasteiger partial charge in [0.2, 0.25) is 0 Å². The summed E-state index contributed by atoms with van der Waals surface area (Å²) in [4.78, 5) is 10.2. The van der Waals surface area contributed by atoms with Gasteiger partial charge in [-0.1, -0.05) is 42.0 Å². The molecule has 1 N–H and O–H groups in total. The van der Waals surface area contributed by atoms with E-state index < -0.39 is 5.97 Å². The van der Waals surface area contributed by atoms with Gasteiger partial charge in [0.15, 0.2) is 0 Å². The zero-order valence-corrected chi connectivity index (χ0v) is 7.66. The number of carbonyl (C=O) groups is 1. The van der Waals surface area contributed by atoms with E-state index in [0.29, 0.717) is 5.02 Å². The molecule has 0 radical (unpaired) electrons. The van der Waals surface area contributed by atoms with Crippen LogP contribution in [0.25, 0.3) is 6.08 Å². The van der Waals surface area contributed by atoms with Crippen molar-refractivity contribution in [1.29, 1.82) is 0 Å². The average molecular weight is 197 g/mol. The fourth-order valence-corrected chi connectivity index (χ4v) is 1.10. The van der Waals surface area contributed by atoms with Gasteiger partial charge in [-0.3, -0.25) is 4.79 Å². The van der Waals surface area contributed by atoms with Crippen LogP contribution in [-0.2, 0) is 4.79 Å². The number of hydrogen-bond donors (Lipinski definition) is 1. The van der Waals surface area contributed by atoms with Gasteiger partial charge in [-0.15, -0.1) is 0 Å². The molecule has 0 aromatic heterocycles. The fraction of sp³-hybridized carbons (Fsp3) is 0.100. The Bertz CT molecular complexity index is 331. The number of halogens is 1. The Morgan fingerprint density at radius 1 is 1.46 bits per heavy atom. The molecule has 1 rings (SSSR count). The van der Waals surface area contributed by atoms with Crippen LogP contribution >= 0.6 is 11.6 Å². The molecular weight excluding hydrogens is 188 g/mol. The SMILES string of the molecule is O=C(O)CC=Cc1ccccc1Cl. The van der Waals surface area contributed by atoms with Crippen LogP contribution in [0.5, 0.6) is 0 Å². The summed E-state index contributed by atoms with van der Waals surface area (Å²) in [6, 6.07) is 7.28. The quantitative estimate of drug-likeness (QED) is 0.807. The predicted molar refractivity (Wildman–Crippen MR) is 52.7 cm³/mol. The minimum absolute atomic E-state index is 0.0191. The molecule has 2 nitrogen and oxygen atoms in total. The molecule has 0 saturated carbocycles. The van der Waals surface area contributed by atoms with Crippen molar-refractivity contribution in [3.8, 4) is 0 Å². The van der Waals surface area contributed by atoms with Crippen molar-refractivity contribution in [2.24, 2.45) is 0 Å². The molecule has 1 aromatic rings. The number of carboxylic acids is 1. The smallest absolute Gasteiger partial charge is 0.307 e. The van der Waals surface area contributed by atoms with Crippen LogP contribution in [0.1, 0.15) is 12.0 Å². The summed E-state index contributed by atoms with van der Waals surface area (Å²) in [5.41, 5.74) is 0.838. The molecule has 0 fully saturated rings. The molecule has 0 saturated heterocycles. The topological polar surface area (TPSA) is 37.3 Å². The first kappa shape index (κ1) is 9.81. The van der Waals surface area contributed by atoms with E-state index in [1.807, 2.05) is 18.2 Å². The first-order valence-corrected chi connectivity index (χ1v) is 4.21. The molecule has 0 aliphatic rings. The van der Waals surface area contributed by atoms with Crippen LogP contribution in [0.15, 0.2) is 30.3 Å². The Labute approximate surface area is 81.5 Å². The van der Waals surface area contributed by atoms with Gasteiger partial charge in [0.1, 0.15) is 0 Å². The Balaban J connectivity index is 2.68. The third-order valence-electron chi connectivity index (χ3n) is 1.50. The van der Waals surface area contributed by atoms with E-state index in [2.05, 4.69) is 0 Å². The van der Waals surface area contributed by atoms with Crippen LogP contribution in [0.2, 0.25) is 5.02 Å². The summed E-state index contributed by atoms with van der Waals surface area (Å²) >= 11 is 5.84. The van der Waals surface area contributed by atoms with Gasteiger partial charge in [0, 0.05) is 5.02 Å². The van der Waals surface area contributed by atoms with Crippen LogP contribution in [0.3, 0.4) is 0 Å². The largest absolute Gasteiger partial charge is 0.481 e. The first-order chi connectivity index (χ1) is 6.20. The van der Waals surface area contributed by atoms with Crippen molar-refractivity contribution < 1.29 is 9.90 Å². The molecule has 0 aliphatic carbocycles. The summed E-state index contributed by atoms with van der Waals surface area (Å²) in [6.07, 6.45) is 3.30. The van der Waals surface area contributed by atoms with Gasteiger partial charge < -0.3 is 5.11 Å². The third kappa shape index (κ3) is 3.30. The number of rotatable bonds is 3. The van der Waals surface area contributed by atoms with Crippen molar-refractivity contribution >= 4 is 23.6 Å². The van der Waals surface area contributed by atoms with E-state index in [-0.39, 0.29) is 6.42 Å². The normalized spacial score (nSPS) is 10.5. The lowest BCUT2D eigenvalue weighted by atomic mass is 10.2. The van der Waals surface area contributed by atoms with Crippen LogP contribution in [0, 0.1) is 0 Å². The predicted octanol–water partition coefficient (Wildman–Crippen LogP) is 2.83. The van der Waals surface area contributed by atoms with Gasteiger partial charge in [-0.05, 0) is 11.6 Å². The maximum Gasteiger partial charge on any atom is 0.307 e. The summed E-state index contributed by atoms with van der Waals surface area (Å²) in [5, 5.41) is 9.01. The van der Waals surface area contributed by atoms with E-state index in [1.165, 1.54) is 0 Å². The van der Waals surface area contributed by atoms with Crippen molar-refractivity contribution in [3.63, 3.8) is 0 Å². The van der Waals surface area contributed by atoms with E-state index in [4.69, 9.17) is 16.7 Å². The molecule has 0 heterocycles. The molecule has 0 spiro atoms. The van der Waals surface area contributed by atoms with Crippen molar-refractivity contribution in [2.75, 3.05) is 0 Å². The highest BCUT2D eigenvalue weighted by atomic mass is 35.5. The number of benzene rings is 1. The van der Waals surface area contributed by atoms with E-state index in [9.17, 15) is 4.79 Å². The van der Waals surface area contributed by atoms with Crippen molar-refractivity contribution in [1.82, 2.24) is 0 Å². The standard InChI is InChI=1S/C10H9ClO2/c11-9-6-2-1-4-8(9)5-3-7-10(12)13/h1-6H,7H2,(H,12,13). The molecule has 68 valence electrons. The monoisotopic (exact) mass is 196 g/mol. The third-order valence-corrected chi connectivity index (χ3v) is 1.84. The Morgan fingerprint density at radius 2 is 2.15 bits per heavy atom. The lowest BCUT2D eigenvalue weighted by molar-refractivity contribution is -0.135. The van der Waals surface area contributed by atoms with E-state index in [1.54, 1.807) is 18.2 Å². The molecular formula is C10H9ClO2. The van der Waals surface area contributed by atoms with E-state index >= 15 is 0 Å². The zero-order valence-electron chi connectivity index (χ0n) is 6.90. The second-order valence-electron chi connectivity index (χ2n) is 2.52. The molecule has 0 aliphatic heterocycles. The number of aliphatic carboxylic acids is 1. The summed E-state index contributed by atoms with van der Waals surface area (Å²) in [7, 11) is 0. The lowest BCUT2D eigenvalue weighted by Crippen LogP contribution is -1.89. The Kier molecular flexibility index (Phi) is 3.53. The van der Waals surface area contributed by atoms with Crippen molar-refractivity contribution in [2.45, 2.75) is 6.42 Å². The minimum Gasteiger partial charge on any atom is -0.481 e. The fourth-order valence-electron chi connectivity index (χ4n) is 0.897. The highest BCUT2D eigenvalue weighted by molar-refractivity contribution is 6.32. The summed E-state index contributed by atoms with van der Waals surface area (Å²) in [5.74, 6) is -0.844. The van der Waals surface area contributed by atoms with Gasteiger partial charge >= 0.3 is 5.97 Å². The minimum atomic E-state index is -0.844. The maximum atomic E-state index is 10.2. The molecule has 13 heavy (non-hydrogen) atoms. The molecule has 0 atom stereocenters. The number of carboxylic acid groups (broad SMARTS) is 1. The Hall–Kier alpha value is -1.28. The van der Waals surface area contributed by atoms with Gasteiger partial charge in [-0.25, -0.2) is 0 Å². The van der Waals surface area contributed by atoms with E-state index in [0.717, 1.165) is 5.56 Å². The highest BCUT2D eigenvalue weighted by Gasteiger charge is 1.94. The highest BCUT2D eigenvalue weighted by Crippen LogP contribution is 2.16. The maximum absolute atomic E-state index is 10.2. The molecule has 1 aromatic carbocycles. The van der Waals surface area contributed by atoms with Gasteiger partial charge in [-0.2, -0.15) is 0 Å². The van der Waals surface area contributed by atoms with Gasteiger partial charge in [0.05, 0.1) is 6.42 Å². The van der Waals surface area contributed by atoms with Crippen molar-refractivity contribution in [3.05, 3.63) is 40.9 Å². The van der Waals surface area contributed by atoms with Gasteiger partial charge in [0.25, 0.3) is 0 Å². The summed E-state index contributed by atoms with van der Waals surface area (Å²) in [6.45, 7) is 0. The van der Waals surface area contributed by atoms with Crippen LogP contribution < -0.4 is 0 Å². The molecule has 0 unspecified atom stereocenters. The molecule has 3 heteroatoms. The molecule has 0 bridgehead atoms. The number of hydrogen-bond acceptors (Lipinski definition) is 1. The lowest BCUT2D eigenvalue weighted by Gasteiger charge is -1.95. The first-order valence-electron chi connectivity index (χ1n) is 3.83. The average Bonchev–Trinajstić information content (AvgIpc) is 2.08. The summed E-state index contributed by atoms with van der Waals surface area (Å²) < 4.78 is 0. The second kappa shape index (κ2) is 4.67. The zero-order chi connectivity index (χ0) is 9.68. The molecule has 0 amide bonds.